The Morgan fingerprint density at radius 1 is 1.25 bits per heavy atom. The van der Waals surface area contributed by atoms with Crippen molar-refractivity contribution < 1.29 is 29.0 Å². The van der Waals surface area contributed by atoms with Crippen LogP contribution in [0.4, 0.5) is 11.4 Å². The van der Waals surface area contributed by atoms with E-state index in [0.717, 1.165) is 0 Å². The molecule has 1 atom stereocenters. The lowest BCUT2D eigenvalue weighted by Gasteiger charge is -2.32. The summed E-state index contributed by atoms with van der Waals surface area (Å²) >= 11 is 0. The van der Waals surface area contributed by atoms with Crippen LogP contribution in [0.1, 0.15) is 22.8 Å². The first-order chi connectivity index (χ1) is 13.4. The first-order valence-corrected chi connectivity index (χ1v) is 8.62. The molecule has 8 heteroatoms. The smallest absolute Gasteiger partial charge is 0.335 e. The summed E-state index contributed by atoms with van der Waals surface area (Å²) in [7, 11) is 1.49. The van der Waals surface area contributed by atoms with Crippen LogP contribution < -0.4 is 15.0 Å². The van der Waals surface area contributed by atoms with E-state index in [9.17, 15) is 19.5 Å². The number of hydrogen-bond donors (Lipinski definition) is 2. The van der Waals surface area contributed by atoms with Crippen molar-refractivity contribution in [3.8, 4) is 5.75 Å². The highest BCUT2D eigenvalue weighted by Gasteiger charge is 2.32. The van der Waals surface area contributed by atoms with Crippen molar-refractivity contribution in [2.24, 2.45) is 0 Å². The lowest BCUT2D eigenvalue weighted by Crippen LogP contribution is -2.47. The Kier molecular flexibility index (Phi) is 5.60. The molecule has 1 aliphatic rings. The molecular formula is C20H20N2O6. The minimum atomic E-state index is -1.11. The van der Waals surface area contributed by atoms with Gasteiger partial charge in [0.1, 0.15) is 12.3 Å². The number of aromatic carboxylic acids is 1. The maximum atomic E-state index is 12.6. The van der Waals surface area contributed by atoms with E-state index in [1.54, 1.807) is 37.3 Å². The molecule has 0 saturated heterocycles. The Balaban J connectivity index is 1.81. The molecule has 1 heterocycles. The number of nitrogens with one attached hydrogen (secondary N) is 1. The predicted molar refractivity (Wildman–Crippen MR) is 102 cm³/mol. The lowest BCUT2D eigenvalue weighted by atomic mass is 10.1. The van der Waals surface area contributed by atoms with Gasteiger partial charge in [-0.1, -0.05) is 12.1 Å². The third kappa shape index (κ3) is 4.12. The van der Waals surface area contributed by atoms with Gasteiger partial charge in [0.05, 0.1) is 17.9 Å². The van der Waals surface area contributed by atoms with Crippen LogP contribution in [0, 0.1) is 0 Å². The van der Waals surface area contributed by atoms with Gasteiger partial charge in [-0.15, -0.1) is 0 Å². The van der Waals surface area contributed by atoms with Gasteiger partial charge in [0.15, 0.2) is 6.10 Å². The zero-order valence-corrected chi connectivity index (χ0v) is 15.5. The van der Waals surface area contributed by atoms with E-state index in [1.165, 1.54) is 24.1 Å². The molecule has 28 heavy (non-hydrogen) atoms. The van der Waals surface area contributed by atoms with Crippen LogP contribution >= 0.6 is 0 Å². The molecule has 0 aliphatic carbocycles. The first kappa shape index (κ1) is 19.4. The van der Waals surface area contributed by atoms with E-state index in [4.69, 9.17) is 9.47 Å². The van der Waals surface area contributed by atoms with E-state index in [1.807, 2.05) is 0 Å². The van der Waals surface area contributed by atoms with E-state index in [2.05, 4.69) is 5.32 Å². The molecule has 2 aromatic carbocycles. The molecule has 0 radical (unpaired) electrons. The van der Waals surface area contributed by atoms with Gasteiger partial charge in [-0.25, -0.2) is 4.79 Å². The minimum Gasteiger partial charge on any atom is -0.479 e. The second-order valence-electron chi connectivity index (χ2n) is 6.36. The zero-order chi connectivity index (χ0) is 20.3. The molecule has 146 valence electrons. The molecule has 0 fully saturated rings. The van der Waals surface area contributed by atoms with E-state index in [0.29, 0.717) is 22.7 Å². The number of anilines is 2. The molecule has 2 amide bonds. The standard InChI is InChI=1S/C20H20N2O6/c1-12-19(24)22(16-5-3-4-6-17(16)28-12)10-18(23)21-15-8-13(11-27-2)7-14(9-15)20(25)26/h3-9,12H,10-11H2,1-2H3,(H,21,23)(H,25,26). The molecule has 3 rings (SSSR count). The number of para-hydroxylation sites is 2. The minimum absolute atomic E-state index is 0.0336. The van der Waals surface area contributed by atoms with E-state index >= 15 is 0 Å². The fourth-order valence-electron chi connectivity index (χ4n) is 3.00. The van der Waals surface area contributed by atoms with Gasteiger partial charge in [-0.2, -0.15) is 0 Å². The van der Waals surface area contributed by atoms with Crippen molar-refractivity contribution >= 4 is 29.2 Å². The van der Waals surface area contributed by atoms with Crippen LogP contribution in [0.3, 0.4) is 0 Å². The van der Waals surface area contributed by atoms with E-state index < -0.39 is 18.0 Å². The van der Waals surface area contributed by atoms with Gasteiger partial charge in [-0.05, 0) is 42.8 Å². The summed E-state index contributed by atoms with van der Waals surface area (Å²) in [6.07, 6.45) is -0.702. The normalized spacial score (nSPS) is 15.6. The quantitative estimate of drug-likeness (QED) is 0.792. The second-order valence-corrected chi connectivity index (χ2v) is 6.36. The first-order valence-electron chi connectivity index (χ1n) is 8.62. The number of amides is 2. The van der Waals surface area contributed by atoms with Gasteiger partial charge in [0, 0.05) is 12.8 Å². The fourth-order valence-corrected chi connectivity index (χ4v) is 3.00. The van der Waals surface area contributed by atoms with Crippen molar-refractivity contribution in [3.05, 3.63) is 53.6 Å². The van der Waals surface area contributed by atoms with Crippen LogP contribution in [0.2, 0.25) is 0 Å². The molecule has 1 aliphatic heterocycles. The number of carbonyl (C=O) groups excluding carboxylic acids is 2. The Morgan fingerprint density at radius 2 is 2.00 bits per heavy atom. The monoisotopic (exact) mass is 384 g/mol. The van der Waals surface area contributed by atoms with Crippen LogP contribution in [0.5, 0.6) is 5.75 Å². The van der Waals surface area contributed by atoms with Gasteiger partial charge in [-0.3, -0.25) is 14.5 Å². The highest BCUT2D eigenvalue weighted by molar-refractivity contribution is 6.06. The number of hydrogen-bond acceptors (Lipinski definition) is 5. The van der Waals surface area contributed by atoms with Crippen LogP contribution in [-0.2, 0) is 20.9 Å². The zero-order valence-electron chi connectivity index (χ0n) is 15.5. The molecule has 0 spiro atoms. The number of fused-ring (bicyclic) bond motifs is 1. The molecule has 0 aromatic heterocycles. The Bertz CT molecular complexity index is 927. The van der Waals surface area contributed by atoms with Gasteiger partial charge in [0.25, 0.3) is 5.91 Å². The SMILES string of the molecule is COCc1cc(NC(=O)CN2C(=O)C(C)Oc3ccccc32)cc(C(=O)O)c1. The van der Waals surface area contributed by atoms with Crippen molar-refractivity contribution in [1.82, 2.24) is 0 Å². The fraction of sp³-hybridized carbons (Fsp3) is 0.250. The topological polar surface area (TPSA) is 105 Å². The second kappa shape index (κ2) is 8.10. The Labute approximate surface area is 161 Å². The summed E-state index contributed by atoms with van der Waals surface area (Å²) in [5.41, 5.74) is 1.48. The molecule has 0 bridgehead atoms. The number of rotatable bonds is 6. The third-order valence-corrected chi connectivity index (χ3v) is 4.21. The molecule has 1 unspecified atom stereocenters. The molecule has 0 saturated carbocycles. The summed E-state index contributed by atoms with van der Waals surface area (Å²) in [6, 6.07) is 11.4. The summed E-state index contributed by atoms with van der Waals surface area (Å²) < 4.78 is 10.6. The maximum Gasteiger partial charge on any atom is 0.335 e. The van der Waals surface area contributed by atoms with Crippen LogP contribution in [0.15, 0.2) is 42.5 Å². The molecule has 8 nitrogen and oxygen atoms in total. The Morgan fingerprint density at radius 3 is 2.71 bits per heavy atom. The number of carboxylic acids is 1. The number of benzene rings is 2. The van der Waals surface area contributed by atoms with Crippen molar-refractivity contribution in [2.45, 2.75) is 19.6 Å². The lowest BCUT2D eigenvalue weighted by molar-refractivity contribution is -0.127. The van der Waals surface area contributed by atoms with Crippen LogP contribution in [-0.4, -0.2) is 42.6 Å². The highest BCUT2D eigenvalue weighted by Crippen LogP contribution is 2.33. The average molecular weight is 384 g/mol. The van der Waals surface area contributed by atoms with Gasteiger partial charge >= 0.3 is 5.97 Å². The molecular weight excluding hydrogens is 364 g/mol. The molecule has 2 N–H and O–H groups in total. The number of ether oxygens (including phenoxy) is 2. The van der Waals surface area contributed by atoms with E-state index in [-0.39, 0.29) is 24.6 Å². The summed E-state index contributed by atoms with van der Waals surface area (Å²) in [5, 5.41) is 11.9. The van der Waals surface area contributed by atoms with Gasteiger partial charge in [0.2, 0.25) is 5.91 Å². The summed E-state index contributed by atoms with van der Waals surface area (Å²) in [6.45, 7) is 1.60. The number of nitrogens with zero attached hydrogens (tertiary/aromatic N) is 1. The maximum absolute atomic E-state index is 12.6. The van der Waals surface area contributed by atoms with Crippen molar-refractivity contribution in [1.29, 1.82) is 0 Å². The van der Waals surface area contributed by atoms with Crippen molar-refractivity contribution in [2.75, 3.05) is 23.9 Å². The highest BCUT2D eigenvalue weighted by atomic mass is 16.5. The Hall–Kier alpha value is -3.39. The molecule has 2 aromatic rings. The average Bonchev–Trinajstić information content (AvgIpc) is 2.65. The largest absolute Gasteiger partial charge is 0.479 e. The third-order valence-electron chi connectivity index (χ3n) is 4.21. The van der Waals surface area contributed by atoms with Crippen molar-refractivity contribution in [3.63, 3.8) is 0 Å². The summed E-state index contributed by atoms with van der Waals surface area (Å²) in [5.74, 6) is -1.37. The summed E-state index contributed by atoms with van der Waals surface area (Å²) in [4.78, 5) is 37.7. The van der Waals surface area contributed by atoms with Crippen LogP contribution in [0.25, 0.3) is 0 Å². The number of methoxy groups -OCH3 is 1. The number of carboxylic acid groups (broad SMARTS) is 1. The number of carbonyl (C=O) groups is 3. The predicted octanol–water partition coefficient (Wildman–Crippen LogP) is 2.28. The van der Waals surface area contributed by atoms with Gasteiger partial charge < -0.3 is 19.9 Å².